The van der Waals surface area contributed by atoms with Crippen LogP contribution in [0.2, 0.25) is 0 Å². The van der Waals surface area contributed by atoms with Crippen LogP contribution in [0, 0.1) is 17.8 Å². The van der Waals surface area contributed by atoms with E-state index in [9.17, 15) is 0 Å². The van der Waals surface area contributed by atoms with Crippen molar-refractivity contribution in [3.63, 3.8) is 0 Å². The van der Waals surface area contributed by atoms with E-state index in [1.54, 1.807) is 0 Å². The van der Waals surface area contributed by atoms with Gasteiger partial charge in [0.1, 0.15) is 0 Å². The van der Waals surface area contributed by atoms with Gasteiger partial charge in [0.15, 0.2) is 0 Å². The van der Waals surface area contributed by atoms with E-state index in [1.165, 1.54) is 187 Å². The molecule has 0 aromatic heterocycles. The van der Waals surface area contributed by atoms with Gasteiger partial charge >= 0.3 is 0 Å². The highest BCUT2D eigenvalue weighted by Gasteiger charge is 2.57. The molecular formula is C83H71N3. The Bertz CT molecular complexity index is 4780. The van der Waals surface area contributed by atoms with E-state index in [-0.39, 0.29) is 16.6 Å². The van der Waals surface area contributed by atoms with Crippen LogP contribution < -0.4 is 14.7 Å². The summed E-state index contributed by atoms with van der Waals surface area (Å²) in [7, 11) is 0. The van der Waals surface area contributed by atoms with Crippen molar-refractivity contribution in [2.24, 2.45) is 17.8 Å². The number of fused-ring (bicyclic) bond motifs is 15. The van der Waals surface area contributed by atoms with Crippen molar-refractivity contribution in [3.8, 4) is 33.4 Å². The lowest BCUT2D eigenvalue weighted by Crippen LogP contribution is -2.40. The molecule has 0 saturated heterocycles. The van der Waals surface area contributed by atoms with Crippen LogP contribution >= 0.6 is 0 Å². The van der Waals surface area contributed by atoms with Gasteiger partial charge < -0.3 is 14.7 Å². The van der Waals surface area contributed by atoms with Gasteiger partial charge in [-0.2, -0.15) is 0 Å². The third-order valence-electron chi connectivity index (χ3n) is 23.9. The summed E-state index contributed by atoms with van der Waals surface area (Å²) in [5, 5.41) is 16.3. The molecule has 86 heavy (non-hydrogen) atoms. The maximum absolute atomic E-state index is 2.70. The topological polar surface area (TPSA) is 9.72 Å². The van der Waals surface area contributed by atoms with Crippen molar-refractivity contribution < 1.29 is 0 Å². The maximum Gasteiger partial charge on any atom is 0.0495 e. The second-order valence-electron chi connectivity index (χ2n) is 28.3. The van der Waals surface area contributed by atoms with Crippen molar-refractivity contribution in [2.45, 2.75) is 114 Å². The predicted octanol–water partition coefficient (Wildman–Crippen LogP) is 22.8. The van der Waals surface area contributed by atoms with E-state index in [4.69, 9.17) is 0 Å². The molecule has 0 amide bonds. The van der Waals surface area contributed by atoms with Crippen molar-refractivity contribution >= 4 is 98.8 Å². The van der Waals surface area contributed by atoms with Crippen LogP contribution in [0.15, 0.2) is 212 Å². The Morgan fingerprint density at radius 2 is 0.628 bits per heavy atom. The van der Waals surface area contributed by atoms with Gasteiger partial charge in [-0.25, -0.2) is 0 Å². The smallest absolute Gasteiger partial charge is 0.0495 e. The average molecular weight is 1110 g/mol. The van der Waals surface area contributed by atoms with Crippen LogP contribution in [0.25, 0.3) is 98.0 Å². The molecule has 9 atom stereocenters. The maximum atomic E-state index is 2.70. The molecule has 13 aromatic rings. The summed E-state index contributed by atoms with van der Waals surface area (Å²) in [6.45, 7) is 15.1. The fourth-order valence-electron chi connectivity index (χ4n) is 20.4. The third kappa shape index (κ3) is 6.29. The molecule has 3 fully saturated rings. The Hall–Kier alpha value is -8.66. The Balaban J connectivity index is 0.809. The normalized spacial score (nSPS) is 26.3. The second kappa shape index (κ2) is 17.3. The van der Waals surface area contributed by atoms with E-state index in [0.717, 1.165) is 0 Å². The Kier molecular flexibility index (Phi) is 9.97. The number of hydrogen-bond donors (Lipinski definition) is 0. The molecule has 3 heterocycles. The lowest BCUT2D eigenvalue weighted by molar-refractivity contribution is 0.414. The van der Waals surface area contributed by atoms with Gasteiger partial charge in [-0.05, 0) is 277 Å². The van der Waals surface area contributed by atoms with E-state index in [2.05, 4.69) is 269 Å². The molecule has 6 aliphatic rings. The first-order valence-electron chi connectivity index (χ1n) is 32.3. The van der Waals surface area contributed by atoms with Crippen LogP contribution in [0.1, 0.15) is 115 Å². The highest BCUT2D eigenvalue weighted by atomic mass is 15.3. The van der Waals surface area contributed by atoms with Gasteiger partial charge in [-0.1, -0.05) is 148 Å². The van der Waals surface area contributed by atoms with Crippen LogP contribution in [0.5, 0.6) is 0 Å². The molecule has 3 nitrogen and oxygen atoms in total. The highest BCUT2D eigenvalue weighted by molar-refractivity contribution is 6.39. The first-order chi connectivity index (χ1) is 42.0. The van der Waals surface area contributed by atoms with Crippen LogP contribution in [0.3, 0.4) is 0 Å². The molecule has 0 bridgehead atoms. The number of rotatable bonds is 6. The molecule has 0 spiro atoms. The van der Waals surface area contributed by atoms with E-state index in [0.29, 0.717) is 35.5 Å². The van der Waals surface area contributed by atoms with E-state index in [1.807, 2.05) is 0 Å². The van der Waals surface area contributed by atoms with Crippen molar-refractivity contribution in [2.75, 3.05) is 14.7 Å². The summed E-state index contributed by atoms with van der Waals surface area (Å²) in [5.74, 6) is 3.18. The quantitative estimate of drug-likeness (QED) is 0.164. The number of benzene rings is 11. The minimum Gasteiger partial charge on any atom is -0.335 e. The molecule has 0 radical (unpaired) electrons. The van der Waals surface area contributed by atoms with Gasteiger partial charge in [0, 0.05) is 68.5 Å². The standard InChI is InChI=1S/C83H71N3/c1-48-37-40-81(4)78(48)69-43-51(25-34-72(69)84(81)54-17-10-7-11-18-54)57-28-31-62-66-47-68-64-33-30-59(53-27-36-74-71(45-53)80-50(3)39-42-83(80,6)86(74)56-21-14-9-15-22-56)76-58(29-32-63(77(64)76)67(68)46-65(66)61-24-16-23-60(57)75(61)62)52-26-35-73-70(44-52)79-49(2)38-41-82(79,5)85(73)55-19-12-8-13-20-55/h7-36,43-50,78-80H,37-42H2,1-6H3. The minimum absolute atomic E-state index is 0.0227. The monoisotopic (exact) mass is 1110 g/mol. The summed E-state index contributed by atoms with van der Waals surface area (Å²) in [6.07, 6.45) is 7.31. The van der Waals surface area contributed by atoms with Crippen LogP contribution in [-0.2, 0) is 0 Å². The second-order valence-corrected chi connectivity index (χ2v) is 28.3. The largest absolute Gasteiger partial charge is 0.335 e. The summed E-state index contributed by atoms with van der Waals surface area (Å²) in [5.41, 5.74) is 20.6. The van der Waals surface area contributed by atoms with Crippen LogP contribution in [-0.4, -0.2) is 16.6 Å². The molecule has 3 saturated carbocycles. The summed E-state index contributed by atoms with van der Waals surface area (Å²) >= 11 is 0. The molecular weight excluding hydrogens is 1040 g/mol. The SMILES string of the molecule is CC1CCC2(C)C1c1cc(-c3ccc4c5cc6c(cc5c5cccc3c54)c3ccc(-c4ccc5c(c4)C4C(C)CCC4(C)N5c4ccccc4)c4c(-c5ccc7c(c5)C5C(C)CCC5(C)N7c5ccccc5)ccc6c43)ccc1N2c1ccccc1. The first kappa shape index (κ1) is 49.6. The molecule has 418 valence electrons. The number of hydrogen-bond acceptors (Lipinski definition) is 3. The fourth-order valence-corrected chi connectivity index (χ4v) is 20.4. The molecule has 3 aliphatic carbocycles. The van der Waals surface area contributed by atoms with Crippen molar-refractivity contribution in [3.05, 3.63) is 229 Å². The minimum atomic E-state index is 0.0227. The van der Waals surface area contributed by atoms with E-state index < -0.39 is 0 Å². The molecule has 13 aromatic carbocycles. The molecule has 3 heteroatoms. The fraction of sp³-hybridized carbons (Fsp3) is 0.253. The predicted molar refractivity (Wildman–Crippen MR) is 365 cm³/mol. The van der Waals surface area contributed by atoms with E-state index >= 15 is 0 Å². The third-order valence-corrected chi connectivity index (χ3v) is 23.9. The zero-order valence-electron chi connectivity index (χ0n) is 50.3. The molecule has 19 rings (SSSR count). The van der Waals surface area contributed by atoms with Crippen molar-refractivity contribution in [1.82, 2.24) is 0 Å². The summed E-state index contributed by atoms with van der Waals surface area (Å²) in [4.78, 5) is 8.08. The van der Waals surface area contributed by atoms with Gasteiger partial charge in [0.25, 0.3) is 0 Å². The van der Waals surface area contributed by atoms with Crippen molar-refractivity contribution in [1.29, 1.82) is 0 Å². The number of nitrogens with zero attached hydrogens (tertiary/aromatic N) is 3. The first-order valence-corrected chi connectivity index (χ1v) is 32.3. The lowest BCUT2D eigenvalue weighted by Gasteiger charge is -2.38. The molecule has 9 unspecified atom stereocenters. The van der Waals surface area contributed by atoms with Gasteiger partial charge in [-0.3, -0.25) is 0 Å². The Morgan fingerprint density at radius 1 is 0.291 bits per heavy atom. The lowest BCUT2D eigenvalue weighted by atomic mass is 9.81. The highest BCUT2D eigenvalue weighted by Crippen LogP contribution is 2.65. The molecule has 3 aliphatic heterocycles. The Labute approximate surface area is 505 Å². The number of para-hydroxylation sites is 3. The zero-order chi connectivity index (χ0) is 57.3. The van der Waals surface area contributed by atoms with Gasteiger partial charge in [-0.15, -0.1) is 0 Å². The summed E-state index contributed by atoms with van der Waals surface area (Å²) < 4.78 is 0. The molecule has 0 N–H and O–H groups in total. The summed E-state index contributed by atoms with van der Waals surface area (Å²) in [6, 6.07) is 83.2. The zero-order valence-corrected chi connectivity index (χ0v) is 50.3. The Morgan fingerprint density at radius 3 is 1.02 bits per heavy atom. The van der Waals surface area contributed by atoms with Gasteiger partial charge in [0.05, 0.1) is 0 Å². The van der Waals surface area contributed by atoms with Gasteiger partial charge in [0.2, 0.25) is 0 Å². The number of anilines is 6. The van der Waals surface area contributed by atoms with Crippen LogP contribution in [0.4, 0.5) is 34.1 Å². The average Bonchev–Trinajstić information content (AvgIpc) is 1.63.